The molecule has 0 saturated carbocycles. The highest BCUT2D eigenvalue weighted by Gasteiger charge is 2.34. The van der Waals surface area contributed by atoms with Crippen molar-refractivity contribution in [2.75, 3.05) is 37.0 Å². The zero-order valence-electron chi connectivity index (χ0n) is 20.4. The fourth-order valence-electron chi connectivity index (χ4n) is 4.38. The zero-order chi connectivity index (χ0) is 25.8. The largest absolute Gasteiger partial charge is 0.497 e. The van der Waals surface area contributed by atoms with E-state index in [1.165, 1.54) is 4.68 Å². The molecule has 9 heteroatoms. The summed E-state index contributed by atoms with van der Waals surface area (Å²) in [6.07, 6.45) is 0.456. The molecule has 0 fully saturated rings. The second kappa shape index (κ2) is 10.4. The van der Waals surface area contributed by atoms with Crippen molar-refractivity contribution in [2.24, 2.45) is 5.73 Å². The summed E-state index contributed by atoms with van der Waals surface area (Å²) in [7, 11) is 1.58. The van der Waals surface area contributed by atoms with Gasteiger partial charge in [0.1, 0.15) is 23.8 Å². The van der Waals surface area contributed by atoms with Crippen molar-refractivity contribution in [1.29, 1.82) is 0 Å². The first kappa shape index (κ1) is 23.9. The molecule has 1 aromatic heterocycles. The van der Waals surface area contributed by atoms with Crippen LogP contribution in [-0.2, 0) is 6.42 Å². The highest BCUT2D eigenvalue weighted by Crippen LogP contribution is 2.30. The van der Waals surface area contributed by atoms with Crippen LogP contribution in [0.5, 0.6) is 11.5 Å². The monoisotopic (exact) mass is 497 g/mol. The topological polar surface area (TPSA) is 112 Å². The van der Waals surface area contributed by atoms with E-state index in [2.05, 4.69) is 10.4 Å². The van der Waals surface area contributed by atoms with Crippen molar-refractivity contribution in [3.05, 3.63) is 95.8 Å². The van der Waals surface area contributed by atoms with Crippen molar-refractivity contribution in [3.8, 4) is 17.2 Å². The molecule has 0 bridgehead atoms. The van der Waals surface area contributed by atoms with Gasteiger partial charge in [-0.3, -0.25) is 9.59 Å². The van der Waals surface area contributed by atoms with Gasteiger partial charge in [-0.2, -0.15) is 5.10 Å². The van der Waals surface area contributed by atoms with Gasteiger partial charge in [-0.25, -0.2) is 4.68 Å². The SMILES string of the molecule is COc1ccc(-n2nc(C(N)=O)c3c2C(=O)N(c2cccc(NCCOc4ccccc4)c2)CC3)cc1. The molecular weight excluding hydrogens is 470 g/mol. The minimum absolute atomic E-state index is 0.118. The van der Waals surface area contributed by atoms with Crippen LogP contribution in [0.3, 0.4) is 0 Å². The molecule has 2 amide bonds. The Hall–Kier alpha value is -4.79. The number of amides is 2. The van der Waals surface area contributed by atoms with Gasteiger partial charge in [-0.1, -0.05) is 24.3 Å². The molecule has 0 radical (unpaired) electrons. The number of hydrogen-bond donors (Lipinski definition) is 2. The molecular formula is C28H27N5O4. The normalized spacial score (nSPS) is 12.7. The van der Waals surface area contributed by atoms with E-state index in [4.69, 9.17) is 15.2 Å². The molecule has 37 heavy (non-hydrogen) atoms. The molecule has 1 aliphatic rings. The van der Waals surface area contributed by atoms with Gasteiger partial charge in [-0.05, 0) is 61.0 Å². The first-order valence-corrected chi connectivity index (χ1v) is 11.9. The summed E-state index contributed by atoms with van der Waals surface area (Å²) in [6.45, 7) is 1.50. The van der Waals surface area contributed by atoms with E-state index in [1.807, 2.05) is 54.6 Å². The number of methoxy groups -OCH3 is 1. The van der Waals surface area contributed by atoms with E-state index in [-0.39, 0.29) is 11.6 Å². The van der Waals surface area contributed by atoms with Crippen LogP contribution in [-0.4, -0.2) is 48.4 Å². The third kappa shape index (κ3) is 4.97. The van der Waals surface area contributed by atoms with Crippen LogP contribution in [0.4, 0.5) is 11.4 Å². The number of nitrogens with zero attached hydrogens (tertiary/aromatic N) is 3. The summed E-state index contributed by atoms with van der Waals surface area (Å²) in [5.74, 6) is 0.582. The number of rotatable bonds is 9. The number of carbonyl (C=O) groups is 2. The molecule has 9 nitrogen and oxygen atoms in total. The average molecular weight is 498 g/mol. The highest BCUT2D eigenvalue weighted by atomic mass is 16.5. The van der Waals surface area contributed by atoms with Crippen LogP contribution in [0.2, 0.25) is 0 Å². The van der Waals surface area contributed by atoms with Gasteiger partial charge in [-0.15, -0.1) is 0 Å². The lowest BCUT2D eigenvalue weighted by molar-refractivity contribution is 0.0972. The van der Waals surface area contributed by atoms with Crippen LogP contribution < -0.4 is 25.4 Å². The smallest absolute Gasteiger partial charge is 0.277 e. The quantitative estimate of drug-likeness (QED) is 0.341. The van der Waals surface area contributed by atoms with Crippen LogP contribution in [0.25, 0.3) is 5.69 Å². The van der Waals surface area contributed by atoms with Gasteiger partial charge in [0, 0.05) is 30.0 Å². The molecule has 0 unspecified atom stereocenters. The zero-order valence-corrected chi connectivity index (χ0v) is 20.4. The molecule has 5 rings (SSSR count). The lowest BCUT2D eigenvalue weighted by Crippen LogP contribution is -2.39. The van der Waals surface area contributed by atoms with Gasteiger partial charge < -0.3 is 25.4 Å². The Morgan fingerprint density at radius 3 is 2.51 bits per heavy atom. The summed E-state index contributed by atoms with van der Waals surface area (Å²) in [4.78, 5) is 27.6. The van der Waals surface area contributed by atoms with E-state index in [9.17, 15) is 9.59 Å². The standard InChI is InChI=1S/C28H27N5O4/c1-36-22-12-10-20(11-13-22)33-26-24(25(31-33)27(29)34)14-16-32(28(26)35)21-7-5-6-19(18-21)30-15-17-37-23-8-3-2-4-9-23/h2-13,18,30H,14-17H2,1H3,(H2,29,34). The number of carbonyl (C=O) groups excluding carboxylic acids is 2. The van der Waals surface area contributed by atoms with Crippen molar-refractivity contribution in [3.63, 3.8) is 0 Å². The van der Waals surface area contributed by atoms with E-state index >= 15 is 0 Å². The molecule has 0 saturated heterocycles. The van der Waals surface area contributed by atoms with E-state index in [1.54, 1.807) is 36.3 Å². The Kier molecular flexibility index (Phi) is 6.76. The first-order valence-electron chi connectivity index (χ1n) is 11.9. The highest BCUT2D eigenvalue weighted by molar-refractivity contribution is 6.09. The lowest BCUT2D eigenvalue weighted by Gasteiger charge is -2.28. The number of fused-ring (bicyclic) bond motifs is 1. The van der Waals surface area contributed by atoms with Crippen LogP contribution in [0.1, 0.15) is 26.5 Å². The van der Waals surface area contributed by atoms with Gasteiger partial charge in [0.05, 0.1) is 12.8 Å². The molecule has 4 aromatic rings. The molecule has 1 aliphatic heterocycles. The summed E-state index contributed by atoms with van der Waals surface area (Å²) in [5.41, 5.74) is 8.87. The molecule has 2 heterocycles. The van der Waals surface area contributed by atoms with Gasteiger partial charge in [0.25, 0.3) is 11.8 Å². The Balaban J connectivity index is 1.36. The van der Waals surface area contributed by atoms with E-state index < -0.39 is 5.91 Å². The Morgan fingerprint density at radius 2 is 1.78 bits per heavy atom. The number of aromatic nitrogens is 2. The maximum absolute atomic E-state index is 13.7. The van der Waals surface area contributed by atoms with Crippen LogP contribution in [0, 0.1) is 0 Å². The third-order valence-electron chi connectivity index (χ3n) is 6.17. The number of nitrogens with two attached hydrogens (primary N) is 1. The van der Waals surface area contributed by atoms with Crippen LogP contribution >= 0.6 is 0 Å². The lowest BCUT2D eigenvalue weighted by atomic mass is 10.0. The predicted molar refractivity (Wildman–Crippen MR) is 141 cm³/mol. The van der Waals surface area contributed by atoms with Gasteiger partial charge in [0.2, 0.25) is 0 Å². The Morgan fingerprint density at radius 1 is 1.00 bits per heavy atom. The number of nitrogens with one attached hydrogen (secondary N) is 1. The van der Waals surface area contributed by atoms with Gasteiger partial charge in [0.15, 0.2) is 5.69 Å². The number of benzene rings is 3. The number of primary amides is 1. The minimum atomic E-state index is -0.659. The van der Waals surface area contributed by atoms with Crippen molar-refractivity contribution >= 4 is 23.2 Å². The molecule has 0 spiro atoms. The Labute approximate surface area is 214 Å². The first-order chi connectivity index (χ1) is 18.0. The number of ether oxygens (including phenoxy) is 2. The number of para-hydroxylation sites is 1. The van der Waals surface area contributed by atoms with Crippen molar-refractivity contribution in [2.45, 2.75) is 6.42 Å². The fourth-order valence-corrected chi connectivity index (χ4v) is 4.38. The third-order valence-corrected chi connectivity index (χ3v) is 6.17. The second-order valence-electron chi connectivity index (χ2n) is 8.50. The predicted octanol–water partition coefficient (Wildman–Crippen LogP) is 3.67. The molecule has 0 atom stereocenters. The summed E-state index contributed by atoms with van der Waals surface area (Å²) >= 11 is 0. The second-order valence-corrected chi connectivity index (χ2v) is 8.50. The molecule has 3 N–H and O–H groups in total. The average Bonchev–Trinajstić information content (AvgIpc) is 3.33. The minimum Gasteiger partial charge on any atom is -0.497 e. The maximum atomic E-state index is 13.7. The molecule has 0 aliphatic carbocycles. The summed E-state index contributed by atoms with van der Waals surface area (Å²) in [6, 6.07) is 24.4. The van der Waals surface area contributed by atoms with Gasteiger partial charge >= 0.3 is 0 Å². The van der Waals surface area contributed by atoms with E-state index in [0.29, 0.717) is 48.8 Å². The molecule has 3 aromatic carbocycles. The van der Waals surface area contributed by atoms with E-state index in [0.717, 1.165) is 17.1 Å². The summed E-state index contributed by atoms with van der Waals surface area (Å²) in [5, 5.41) is 7.76. The fraction of sp³-hybridized carbons (Fsp3) is 0.179. The maximum Gasteiger partial charge on any atom is 0.277 e. The number of anilines is 2. The van der Waals surface area contributed by atoms with Crippen molar-refractivity contribution in [1.82, 2.24) is 9.78 Å². The van der Waals surface area contributed by atoms with Crippen LogP contribution in [0.15, 0.2) is 78.9 Å². The summed E-state index contributed by atoms with van der Waals surface area (Å²) < 4.78 is 12.5. The Bertz CT molecular complexity index is 1420. The molecule has 188 valence electrons. The number of hydrogen-bond acceptors (Lipinski definition) is 6. The van der Waals surface area contributed by atoms with Crippen molar-refractivity contribution < 1.29 is 19.1 Å².